The molecular weight excluding hydrogens is 300 g/mol. The highest BCUT2D eigenvalue weighted by molar-refractivity contribution is 6.01. The van der Waals surface area contributed by atoms with E-state index in [0.29, 0.717) is 6.61 Å². The van der Waals surface area contributed by atoms with Crippen molar-refractivity contribution in [3.8, 4) is 11.8 Å². The summed E-state index contributed by atoms with van der Waals surface area (Å²) in [4.78, 5) is 12.3. The average molecular weight is 326 g/mol. The standard InChI is InChI=1S/C20H26N2O2/c1-2-3-13-24-19-11-9-16(10-12-19)14-17(15-21)20(23)22-18-7-5-4-6-8-18/h9-12,14,18H,2-8,13H2,1H3,(H,22,23)/b17-14+. The molecule has 0 heterocycles. The smallest absolute Gasteiger partial charge is 0.262 e. The fraction of sp³-hybridized carbons (Fsp3) is 0.500. The molecule has 4 heteroatoms. The van der Waals surface area contributed by atoms with Gasteiger partial charge in [-0.2, -0.15) is 5.26 Å². The Morgan fingerprint density at radius 3 is 2.62 bits per heavy atom. The lowest BCUT2D eigenvalue weighted by atomic mass is 9.95. The quantitative estimate of drug-likeness (QED) is 0.463. The number of unbranched alkanes of at least 4 members (excludes halogenated alkanes) is 1. The first-order valence-electron chi connectivity index (χ1n) is 8.88. The van der Waals surface area contributed by atoms with E-state index < -0.39 is 0 Å². The summed E-state index contributed by atoms with van der Waals surface area (Å²) in [5, 5.41) is 12.3. The molecule has 0 spiro atoms. The van der Waals surface area contributed by atoms with Crippen LogP contribution in [0.5, 0.6) is 5.75 Å². The SMILES string of the molecule is CCCCOc1ccc(/C=C(\C#N)C(=O)NC2CCCCC2)cc1. The van der Waals surface area contributed by atoms with E-state index in [-0.39, 0.29) is 17.5 Å². The topological polar surface area (TPSA) is 62.1 Å². The van der Waals surface area contributed by atoms with Crippen molar-refractivity contribution in [1.29, 1.82) is 5.26 Å². The molecule has 0 aromatic heterocycles. The van der Waals surface area contributed by atoms with Gasteiger partial charge >= 0.3 is 0 Å². The number of hydrogen-bond donors (Lipinski definition) is 1. The van der Waals surface area contributed by atoms with E-state index in [1.807, 2.05) is 30.3 Å². The summed E-state index contributed by atoms with van der Waals surface area (Å²) in [5.41, 5.74) is 0.980. The van der Waals surface area contributed by atoms with Gasteiger partial charge in [0.05, 0.1) is 6.61 Å². The molecule has 0 bridgehead atoms. The molecule has 1 aromatic carbocycles. The number of ether oxygens (including phenoxy) is 1. The molecule has 0 saturated heterocycles. The summed E-state index contributed by atoms with van der Waals surface area (Å²) in [7, 11) is 0. The summed E-state index contributed by atoms with van der Waals surface area (Å²) in [6.07, 6.45) is 9.31. The van der Waals surface area contributed by atoms with Crippen LogP contribution in [-0.2, 0) is 4.79 Å². The van der Waals surface area contributed by atoms with Gasteiger partial charge in [-0.25, -0.2) is 0 Å². The van der Waals surface area contributed by atoms with E-state index in [4.69, 9.17) is 4.74 Å². The van der Waals surface area contributed by atoms with E-state index in [1.54, 1.807) is 6.08 Å². The predicted octanol–water partition coefficient (Wildman–Crippen LogP) is 4.22. The number of amides is 1. The Morgan fingerprint density at radius 1 is 1.29 bits per heavy atom. The minimum atomic E-state index is -0.271. The fourth-order valence-corrected chi connectivity index (χ4v) is 2.82. The molecule has 1 aliphatic carbocycles. The molecule has 0 atom stereocenters. The number of benzene rings is 1. The molecule has 0 aliphatic heterocycles. The van der Waals surface area contributed by atoms with Crippen LogP contribution in [0.4, 0.5) is 0 Å². The maximum atomic E-state index is 12.3. The molecule has 1 aromatic rings. The van der Waals surface area contributed by atoms with Crippen LogP contribution in [0.15, 0.2) is 29.8 Å². The second kappa shape index (κ2) is 9.77. The van der Waals surface area contributed by atoms with Crippen molar-refractivity contribution < 1.29 is 9.53 Å². The lowest BCUT2D eigenvalue weighted by molar-refractivity contribution is -0.117. The Bertz CT molecular complexity index is 593. The van der Waals surface area contributed by atoms with Crippen LogP contribution in [0.3, 0.4) is 0 Å². The summed E-state index contributed by atoms with van der Waals surface area (Å²) in [6, 6.07) is 9.70. The van der Waals surface area contributed by atoms with Crippen molar-refractivity contribution in [3.05, 3.63) is 35.4 Å². The summed E-state index contributed by atoms with van der Waals surface area (Å²) in [5.74, 6) is 0.540. The van der Waals surface area contributed by atoms with Crippen molar-refractivity contribution in [2.24, 2.45) is 0 Å². The Morgan fingerprint density at radius 2 is 2.00 bits per heavy atom. The van der Waals surface area contributed by atoms with Gasteiger partial charge < -0.3 is 10.1 Å². The van der Waals surface area contributed by atoms with Crippen LogP contribution in [0, 0.1) is 11.3 Å². The van der Waals surface area contributed by atoms with Gasteiger partial charge in [-0.05, 0) is 43.0 Å². The Labute approximate surface area is 144 Å². The predicted molar refractivity (Wildman–Crippen MR) is 95.5 cm³/mol. The van der Waals surface area contributed by atoms with Crippen LogP contribution >= 0.6 is 0 Å². The zero-order valence-electron chi connectivity index (χ0n) is 14.4. The lowest BCUT2D eigenvalue weighted by Gasteiger charge is -2.22. The van der Waals surface area contributed by atoms with Gasteiger partial charge in [0.15, 0.2) is 0 Å². The third kappa shape index (κ3) is 5.73. The molecule has 1 amide bonds. The molecule has 24 heavy (non-hydrogen) atoms. The van der Waals surface area contributed by atoms with Gasteiger partial charge in [0.2, 0.25) is 0 Å². The first kappa shape index (κ1) is 18.1. The number of hydrogen-bond acceptors (Lipinski definition) is 3. The maximum Gasteiger partial charge on any atom is 0.262 e. The molecule has 1 N–H and O–H groups in total. The van der Waals surface area contributed by atoms with Gasteiger partial charge in [-0.15, -0.1) is 0 Å². The number of carbonyl (C=O) groups is 1. The molecule has 4 nitrogen and oxygen atoms in total. The zero-order chi connectivity index (χ0) is 17.2. The van der Waals surface area contributed by atoms with E-state index in [0.717, 1.165) is 49.8 Å². The third-order valence-electron chi connectivity index (χ3n) is 4.26. The molecular formula is C20H26N2O2. The number of nitrogens with zero attached hydrogens (tertiary/aromatic N) is 1. The van der Waals surface area contributed by atoms with Gasteiger partial charge in [0.25, 0.3) is 5.91 Å². The monoisotopic (exact) mass is 326 g/mol. The zero-order valence-corrected chi connectivity index (χ0v) is 14.4. The van der Waals surface area contributed by atoms with Gasteiger partial charge in [-0.1, -0.05) is 44.7 Å². The number of carbonyl (C=O) groups excluding carboxylic acids is 1. The van der Waals surface area contributed by atoms with Crippen LogP contribution < -0.4 is 10.1 Å². The average Bonchev–Trinajstić information content (AvgIpc) is 2.62. The van der Waals surface area contributed by atoms with Crippen molar-refractivity contribution in [1.82, 2.24) is 5.32 Å². The van der Waals surface area contributed by atoms with Crippen molar-refractivity contribution >= 4 is 12.0 Å². The van der Waals surface area contributed by atoms with Crippen LogP contribution in [-0.4, -0.2) is 18.6 Å². The number of nitrogens with one attached hydrogen (secondary N) is 1. The molecule has 0 unspecified atom stereocenters. The normalized spacial score (nSPS) is 15.6. The second-order valence-electron chi connectivity index (χ2n) is 6.25. The van der Waals surface area contributed by atoms with Crippen LogP contribution in [0.2, 0.25) is 0 Å². The van der Waals surface area contributed by atoms with E-state index >= 15 is 0 Å². The molecule has 1 saturated carbocycles. The first-order chi connectivity index (χ1) is 11.7. The van der Waals surface area contributed by atoms with E-state index in [1.165, 1.54) is 6.42 Å². The molecule has 0 radical (unpaired) electrons. The van der Waals surface area contributed by atoms with Gasteiger partial charge in [0.1, 0.15) is 17.4 Å². The summed E-state index contributed by atoms with van der Waals surface area (Å²) >= 11 is 0. The third-order valence-corrected chi connectivity index (χ3v) is 4.26. The summed E-state index contributed by atoms with van der Waals surface area (Å²) in [6.45, 7) is 2.83. The Hall–Kier alpha value is -2.28. The van der Waals surface area contributed by atoms with Crippen molar-refractivity contribution in [2.75, 3.05) is 6.61 Å². The molecule has 1 aliphatic rings. The number of nitriles is 1. The van der Waals surface area contributed by atoms with E-state index in [9.17, 15) is 10.1 Å². The second-order valence-corrected chi connectivity index (χ2v) is 6.25. The molecule has 128 valence electrons. The lowest BCUT2D eigenvalue weighted by Crippen LogP contribution is -2.36. The van der Waals surface area contributed by atoms with Crippen molar-refractivity contribution in [2.45, 2.75) is 57.9 Å². The molecule has 2 rings (SSSR count). The summed E-state index contributed by atoms with van der Waals surface area (Å²) < 4.78 is 5.62. The maximum absolute atomic E-state index is 12.3. The van der Waals surface area contributed by atoms with Crippen molar-refractivity contribution in [3.63, 3.8) is 0 Å². The van der Waals surface area contributed by atoms with E-state index in [2.05, 4.69) is 12.2 Å². The largest absolute Gasteiger partial charge is 0.494 e. The molecule has 1 fully saturated rings. The highest BCUT2D eigenvalue weighted by atomic mass is 16.5. The minimum absolute atomic E-state index is 0.153. The number of rotatable bonds is 7. The Balaban J connectivity index is 1.95. The van der Waals surface area contributed by atoms with Gasteiger partial charge in [0, 0.05) is 6.04 Å². The highest BCUT2D eigenvalue weighted by Crippen LogP contribution is 2.18. The fourth-order valence-electron chi connectivity index (χ4n) is 2.82. The Kier molecular flexibility index (Phi) is 7.35. The van der Waals surface area contributed by atoms with Crippen LogP contribution in [0.25, 0.3) is 6.08 Å². The first-order valence-corrected chi connectivity index (χ1v) is 8.88. The van der Waals surface area contributed by atoms with Crippen LogP contribution in [0.1, 0.15) is 57.4 Å². The highest BCUT2D eigenvalue weighted by Gasteiger charge is 2.17. The minimum Gasteiger partial charge on any atom is -0.494 e. The van der Waals surface area contributed by atoms with Gasteiger partial charge in [-0.3, -0.25) is 4.79 Å².